The number of cyclic esters (lactones) is 1. The third kappa shape index (κ3) is 3.73. The van der Waals surface area contributed by atoms with E-state index in [1.165, 1.54) is 42.6 Å². The second kappa shape index (κ2) is 6.60. The van der Waals surface area contributed by atoms with Crippen molar-refractivity contribution >= 4 is 18.2 Å². The molecule has 0 spiro atoms. The summed E-state index contributed by atoms with van der Waals surface area (Å²) in [4.78, 5) is 21.9. The Morgan fingerprint density at radius 3 is 2.83 bits per heavy atom. The molecular formula is C15H21N4O5+. The van der Waals surface area contributed by atoms with Gasteiger partial charge >= 0.3 is 12.0 Å². The number of carbonyl (C=O) groups is 1. The van der Waals surface area contributed by atoms with Crippen molar-refractivity contribution in [3.05, 3.63) is 28.0 Å². The van der Waals surface area contributed by atoms with E-state index in [1.54, 1.807) is 0 Å². The van der Waals surface area contributed by atoms with Gasteiger partial charge in [0.2, 0.25) is 0 Å². The summed E-state index contributed by atoms with van der Waals surface area (Å²) >= 11 is 0. The van der Waals surface area contributed by atoms with Gasteiger partial charge < -0.3 is 13.6 Å². The zero-order chi connectivity index (χ0) is 17.2. The van der Waals surface area contributed by atoms with Gasteiger partial charge in [-0.15, -0.1) is 0 Å². The van der Waals surface area contributed by atoms with Crippen LogP contribution in [0, 0.1) is 10.1 Å². The molecule has 2 aliphatic rings. The molecule has 2 saturated heterocycles. The first-order valence-corrected chi connectivity index (χ1v) is 8.05. The van der Waals surface area contributed by atoms with Crippen molar-refractivity contribution in [1.82, 2.24) is 5.01 Å². The van der Waals surface area contributed by atoms with E-state index in [2.05, 4.69) is 12.1 Å². The lowest BCUT2D eigenvalue weighted by Crippen LogP contribution is -2.52. The van der Waals surface area contributed by atoms with Crippen molar-refractivity contribution in [2.24, 2.45) is 5.10 Å². The lowest BCUT2D eigenvalue weighted by molar-refractivity contribution is -0.916. The van der Waals surface area contributed by atoms with Crippen LogP contribution in [0.5, 0.6) is 0 Å². The average molecular weight is 337 g/mol. The molecule has 0 saturated carbocycles. The predicted octanol–water partition coefficient (Wildman–Crippen LogP) is 1.97. The van der Waals surface area contributed by atoms with Crippen LogP contribution in [0.4, 0.5) is 10.7 Å². The molecule has 1 atom stereocenters. The molecule has 1 amide bonds. The lowest BCUT2D eigenvalue weighted by atomic mass is 10.1. The van der Waals surface area contributed by atoms with Crippen molar-refractivity contribution in [3.8, 4) is 0 Å². The minimum absolute atomic E-state index is 0.191. The second-order valence-corrected chi connectivity index (χ2v) is 6.58. The molecule has 0 bridgehead atoms. The second-order valence-electron chi connectivity index (χ2n) is 6.58. The molecule has 0 unspecified atom stereocenters. The van der Waals surface area contributed by atoms with Gasteiger partial charge in [-0.3, -0.25) is 10.1 Å². The van der Waals surface area contributed by atoms with Gasteiger partial charge in [0.1, 0.15) is 11.5 Å². The maximum absolute atomic E-state index is 11.9. The summed E-state index contributed by atoms with van der Waals surface area (Å²) in [6.45, 7) is 3.37. The Labute approximate surface area is 139 Å². The van der Waals surface area contributed by atoms with E-state index in [4.69, 9.17) is 9.15 Å². The van der Waals surface area contributed by atoms with Crippen LogP contribution in [0.1, 0.15) is 25.0 Å². The van der Waals surface area contributed by atoms with Gasteiger partial charge in [-0.25, -0.2) is 4.79 Å². The Morgan fingerprint density at radius 1 is 1.42 bits per heavy atom. The van der Waals surface area contributed by atoms with Crippen molar-refractivity contribution < 1.29 is 23.4 Å². The number of piperidine rings is 1. The number of rotatable bonds is 5. The zero-order valence-electron chi connectivity index (χ0n) is 13.6. The van der Waals surface area contributed by atoms with Crippen LogP contribution in [0.15, 0.2) is 21.7 Å². The maximum atomic E-state index is 11.9. The molecule has 2 aliphatic heterocycles. The Hall–Kier alpha value is -2.42. The average Bonchev–Trinajstić information content (AvgIpc) is 3.12. The highest BCUT2D eigenvalue weighted by atomic mass is 16.6. The van der Waals surface area contributed by atoms with Gasteiger partial charge in [0.25, 0.3) is 0 Å². The smallest absolute Gasteiger partial charge is 0.433 e. The fraction of sp³-hybridized carbons (Fsp3) is 0.600. The van der Waals surface area contributed by atoms with Crippen molar-refractivity contribution in [2.75, 3.05) is 33.2 Å². The first-order valence-electron chi connectivity index (χ1n) is 8.05. The summed E-state index contributed by atoms with van der Waals surface area (Å²) in [5, 5.41) is 15.8. The van der Waals surface area contributed by atoms with Crippen molar-refractivity contribution in [3.63, 3.8) is 0 Å². The third-order valence-corrected chi connectivity index (χ3v) is 4.51. The Kier molecular flexibility index (Phi) is 4.52. The number of hydrazone groups is 1. The molecular weight excluding hydrogens is 316 g/mol. The molecule has 130 valence electrons. The largest absolute Gasteiger partial charge is 0.437 e. The maximum Gasteiger partial charge on any atom is 0.433 e. The summed E-state index contributed by atoms with van der Waals surface area (Å²) in [5.74, 6) is -0.145. The molecule has 0 aromatic carbocycles. The van der Waals surface area contributed by atoms with E-state index in [0.29, 0.717) is 6.54 Å². The Balaban J connectivity index is 1.58. The standard InChI is InChI=1S/C15H21N4O5/c1-19(7-3-2-4-8-19)11-13-10-17(15(20)24-13)16-9-12-5-6-14(23-12)18(21)22/h5-6,9,13H,2-4,7-8,10-11H2,1H3/q+1/b16-9+/t13-/m0/s1. The Bertz CT molecular complexity index is 650. The number of amides is 1. The first kappa shape index (κ1) is 16.4. The molecule has 1 aromatic rings. The first-order chi connectivity index (χ1) is 11.5. The molecule has 24 heavy (non-hydrogen) atoms. The number of likely N-dealkylation sites (N-methyl/N-ethyl adjacent to an activating group) is 1. The van der Waals surface area contributed by atoms with Crippen LogP contribution in [-0.2, 0) is 4.74 Å². The predicted molar refractivity (Wildman–Crippen MR) is 84.6 cm³/mol. The van der Waals surface area contributed by atoms with Gasteiger partial charge in [-0.1, -0.05) is 0 Å². The van der Waals surface area contributed by atoms with Crippen LogP contribution >= 0.6 is 0 Å². The summed E-state index contributed by atoms with van der Waals surface area (Å²) in [7, 11) is 2.20. The van der Waals surface area contributed by atoms with Gasteiger partial charge in [0.05, 0.1) is 39.0 Å². The highest BCUT2D eigenvalue weighted by Gasteiger charge is 2.37. The zero-order valence-corrected chi connectivity index (χ0v) is 13.6. The molecule has 9 heteroatoms. The number of quaternary nitrogens is 1. The summed E-state index contributed by atoms with van der Waals surface area (Å²) in [5.41, 5.74) is 0. The van der Waals surface area contributed by atoms with E-state index >= 15 is 0 Å². The van der Waals surface area contributed by atoms with Crippen LogP contribution < -0.4 is 0 Å². The minimum Gasteiger partial charge on any atom is -0.437 e. The van der Waals surface area contributed by atoms with Gasteiger partial charge in [-0.2, -0.15) is 10.1 Å². The molecule has 0 N–H and O–H groups in total. The molecule has 9 nitrogen and oxygen atoms in total. The van der Waals surface area contributed by atoms with Crippen molar-refractivity contribution in [1.29, 1.82) is 0 Å². The SMILES string of the molecule is C[N+]1(C[C@@H]2CN(/N=C/c3ccc([N+](=O)[O-])o3)C(=O)O2)CCCCC1. The number of carbonyl (C=O) groups excluding carboxylic acids is 1. The molecule has 0 aliphatic carbocycles. The number of ether oxygens (including phenoxy) is 1. The van der Waals surface area contributed by atoms with Crippen LogP contribution in [0.2, 0.25) is 0 Å². The quantitative estimate of drug-likeness (QED) is 0.354. The summed E-state index contributed by atoms with van der Waals surface area (Å²) in [6.07, 6.45) is 4.27. The van der Waals surface area contributed by atoms with Gasteiger partial charge in [0.15, 0.2) is 11.9 Å². The molecule has 1 aromatic heterocycles. The molecule has 2 fully saturated rings. The van der Waals surface area contributed by atoms with Gasteiger partial charge in [-0.05, 0) is 25.3 Å². The number of nitrogens with zero attached hydrogens (tertiary/aromatic N) is 4. The minimum atomic E-state index is -0.625. The fourth-order valence-electron chi connectivity index (χ4n) is 3.28. The van der Waals surface area contributed by atoms with E-state index in [1.807, 2.05) is 0 Å². The summed E-state index contributed by atoms with van der Waals surface area (Å²) < 4.78 is 11.3. The van der Waals surface area contributed by atoms with Crippen molar-refractivity contribution in [2.45, 2.75) is 25.4 Å². The van der Waals surface area contributed by atoms with Gasteiger partial charge in [0, 0.05) is 0 Å². The van der Waals surface area contributed by atoms with Crippen LogP contribution in [-0.4, -0.2) is 66.1 Å². The number of furan rings is 1. The molecule has 3 rings (SSSR count). The monoisotopic (exact) mass is 337 g/mol. The van der Waals surface area contributed by atoms with E-state index in [-0.39, 0.29) is 17.7 Å². The number of nitro groups is 1. The normalized spacial score (nSPS) is 23.6. The number of hydrogen-bond acceptors (Lipinski definition) is 6. The van der Waals surface area contributed by atoms with Crippen LogP contribution in [0.25, 0.3) is 0 Å². The lowest BCUT2D eigenvalue weighted by Gasteiger charge is -2.38. The molecule has 0 radical (unpaired) electrons. The summed E-state index contributed by atoms with van der Waals surface area (Å²) in [6, 6.07) is 2.67. The van der Waals surface area contributed by atoms with E-state index in [9.17, 15) is 14.9 Å². The number of likely N-dealkylation sites (tertiary alicyclic amines) is 1. The third-order valence-electron chi connectivity index (χ3n) is 4.51. The highest BCUT2D eigenvalue weighted by Crippen LogP contribution is 2.21. The fourth-order valence-corrected chi connectivity index (χ4v) is 3.28. The Morgan fingerprint density at radius 2 is 2.17 bits per heavy atom. The highest BCUT2D eigenvalue weighted by molar-refractivity contribution is 5.78. The molecule has 3 heterocycles. The number of hydrogen-bond donors (Lipinski definition) is 0. The topological polar surface area (TPSA) is 98.2 Å². The van der Waals surface area contributed by atoms with Crippen LogP contribution in [0.3, 0.4) is 0 Å². The van der Waals surface area contributed by atoms with E-state index in [0.717, 1.165) is 24.1 Å². The van der Waals surface area contributed by atoms with E-state index < -0.39 is 11.0 Å².